The SMILES string of the molecule is Cc1ccc2[nH]c3c(c2c1)CN(C(=O)c1c(F)cccc1Cl)CC3. The fourth-order valence-corrected chi connectivity index (χ4v) is 3.61. The summed E-state index contributed by atoms with van der Waals surface area (Å²) in [6.07, 6.45) is 0.723. The van der Waals surface area contributed by atoms with E-state index in [4.69, 9.17) is 11.6 Å². The first-order chi connectivity index (χ1) is 11.5. The van der Waals surface area contributed by atoms with Crippen molar-refractivity contribution in [3.8, 4) is 0 Å². The zero-order valence-electron chi connectivity index (χ0n) is 13.2. The molecule has 0 saturated carbocycles. The molecular formula is C19H16ClFN2O. The first-order valence-corrected chi connectivity index (χ1v) is 8.26. The Labute approximate surface area is 144 Å². The van der Waals surface area contributed by atoms with Crippen LogP contribution in [0.4, 0.5) is 4.39 Å². The third-order valence-corrected chi connectivity index (χ3v) is 4.91. The molecule has 1 N–H and O–H groups in total. The molecule has 3 aromatic rings. The van der Waals surface area contributed by atoms with Crippen LogP contribution < -0.4 is 0 Å². The highest BCUT2D eigenvalue weighted by molar-refractivity contribution is 6.33. The summed E-state index contributed by atoms with van der Waals surface area (Å²) >= 11 is 6.04. The summed E-state index contributed by atoms with van der Waals surface area (Å²) in [6, 6.07) is 10.6. The number of H-pyrrole nitrogens is 1. The van der Waals surface area contributed by atoms with Crippen molar-refractivity contribution < 1.29 is 9.18 Å². The van der Waals surface area contributed by atoms with E-state index in [1.54, 1.807) is 11.0 Å². The van der Waals surface area contributed by atoms with Crippen LogP contribution in [0.3, 0.4) is 0 Å². The zero-order valence-corrected chi connectivity index (χ0v) is 14.0. The van der Waals surface area contributed by atoms with Crippen molar-refractivity contribution in [2.75, 3.05) is 6.54 Å². The van der Waals surface area contributed by atoms with Crippen molar-refractivity contribution in [3.05, 3.63) is 69.6 Å². The summed E-state index contributed by atoms with van der Waals surface area (Å²) in [4.78, 5) is 17.9. The Morgan fingerprint density at radius 2 is 2.12 bits per heavy atom. The van der Waals surface area contributed by atoms with Crippen molar-refractivity contribution in [1.82, 2.24) is 9.88 Å². The predicted molar refractivity (Wildman–Crippen MR) is 92.9 cm³/mol. The number of nitrogens with zero attached hydrogens (tertiary/aromatic N) is 1. The average Bonchev–Trinajstić information content (AvgIpc) is 2.91. The fraction of sp³-hybridized carbons (Fsp3) is 0.211. The third-order valence-electron chi connectivity index (χ3n) is 4.59. The van der Waals surface area contributed by atoms with Gasteiger partial charge in [-0.3, -0.25) is 4.79 Å². The lowest BCUT2D eigenvalue weighted by atomic mass is 10.0. The first-order valence-electron chi connectivity index (χ1n) is 7.88. The Morgan fingerprint density at radius 1 is 1.29 bits per heavy atom. The monoisotopic (exact) mass is 342 g/mol. The quantitative estimate of drug-likeness (QED) is 0.696. The maximum Gasteiger partial charge on any atom is 0.258 e. The Balaban J connectivity index is 1.72. The number of rotatable bonds is 1. The molecule has 0 unspecified atom stereocenters. The van der Waals surface area contributed by atoms with Crippen molar-refractivity contribution in [2.24, 2.45) is 0 Å². The molecule has 4 rings (SSSR count). The number of carbonyl (C=O) groups excluding carboxylic acids is 1. The van der Waals surface area contributed by atoms with Gasteiger partial charge in [0.05, 0.1) is 10.6 Å². The molecule has 1 aromatic heterocycles. The highest BCUT2D eigenvalue weighted by Crippen LogP contribution is 2.30. The van der Waals surface area contributed by atoms with Crippen LogP contribution in [-0.2, 0) is 13.0 Å². The predicted octanol–water partition coefficient (Wildman–Crippen LogP) is 4.47. The Morgan fingerprint density at radius 3 is 2.92 bits per heavy atom. The number of fused-ring (bicyclic) bond motifs is 3. The molecular weight excluding hydrogens is 327 g/mol. The zero-order chi connectivity index (χ0) is 16.8. The van der Waals surface area contributed by atoms with Crippen LogP contribution >= 0.6 is 11.6 Å². The molecule has 1 aliphatic heterocycles. The summed E-state index contributed by atoms with van der Waals surface area (Å²) in [5, 5.41) is 1.28. The second-order valence-corrected chi connectivity index (χ2v) is 6.61. The van der Waals surface area contributed by atoms with Crippen LogP contribution in [-0.4, -0.2) is 22.3 Å². The maximum absolute atomic E-state index is 14.1. The molecule has 0 atom stereocenters. The summed E-state index contributed by atoms with van der Waals surface area (Å²) < 4.78 is 14.1. The first kappa shape index (κ1) is 15.2. The fourth-order valence-electron chi connectivity index (χ4n) is 3.36. The Bertz CT molecular complexity index is 943. The third kappa shape index (κ3) is 2.38. The number of benzene rings is 2. The number of carbonyl (C=O) groups is 1. The van der Waals surface area contributed by atoms with E-state index in [9.17, 15) is 9.18 Å². The van der Waals surface area contributed by atoms with E-state index in [1.807, 2.05) is 6.92 Å². The van der Waals surface area contributed by atoms with Gasteiger partial charge >= 0.3 is 0 Å². The largest absolute Gasteiger partial charge is 0.358 e. The minimum absolute atomic E-state index is 0.0429. The molecule has 0 aliphatic carbocycles. The second kappa shape index (κ2) is 5.64. The lowest BCUT2D eigenvalue weighted by Crippen LogP contribution is -2.36. The highest BCUT2D eigenvalue weighted by Gasteiger charge is 2.27. The lowest BCUT2D eigenvalue weighted by molar-refractivity contribution is 0.0730. The summed E-state index contributed by atoms with van der Waals surface area (Å²) in [7, 11) is 0. The minimum atomic E-state index is -0.576. The van der Waals surface area contributed by atoms with Crippen LogP contribution in [0.2, 0.25) is 5.02 Å². The Hall–Kier alpha value is -2.33. The van der Waals surface area contributed by atoms with Gasteiger partial charge in [-0.05, 0) is 31.2 Å². The average molecular weight is 343 g/mol. The molecule has 0 fully saturated rings. The molecule has 24 heavy (non-hydrogen) atoms. The van der Waals surface area contributed by atoms with Crippen LogP contribution in [0.15, 0.2) is 36.4 Å². The smallest absolute Gasteiger partial charge is 0.258 e. The van der Waals surface area contributed by atoms with Crippen molar-refractivity contribution in [3.63, 3.8) is 0 Å². The van der Waals surface area contributed by atoms with Gasteiger partial charge in [0.1, 0.15) is 5.82 Å². The van der Waals surface area contributed by atoms with Crippen LogP contribution in [0, 0.1) is 12.7 Å². The number of amides is 1. The number of aryl methyl sites for hydroxylation is 1. The number of aromatic nitrogens is 1. The number of halogens is 2. The number of hydrogen-bond acceptors (Lipinski definition) is 1. The summed E-state index contributed by atoms with van der Waals surface area (Å²) in [6.45, 7) is 3.05. The Kier molecular flexibility index (Phi) is 3.57. The molecule has 0 saturated heterocycles. The van der Waals surface area contributed by atoms with E-state index in [-0.39, 0.29) is 16.5 Å². The van der Waals surface area contributed by atoms with Gasteiger partial charge < -0.3 is 9.88 Å². The molecule has 2 heterocycles. The maximum atomic E-state index is 14.1. The van der Waals surface area contributed by atoms with Crippen molar-refractivity contribution in [2.45, 2.75) is 19.9 Å². The van der Waals surface area contributed by atoms with Gasteiger partial charge in [-0.15, -0.1) is 0 Å². The van der Waals surface area contributed by atoms with Gasteiger partial charge in [0.25, 0.3) is 5.91 Å². The highest BCUT2D eigenvalue weighted by atomic mass is 35.5. The molecule has 122 valence electrons. The lowest BCUT2D eigenvalue weighted by Gasteiger charge is -2.27. The van der Waals surface area contributed by atoms with Gasteiger partial charge in [-0.2, -0.15) is 0 Å². The minimum Gasteiger partial charge on any atom is -0.358 e. The standard InChI is InChI=1S/C19H16ClFN2O/c1-11-5-6-16-12(9-11)13-10-23(8-7-17(13)22-16)19(24)18-14(20)3-2-4-15(18)21/h2-6,9,22H,7-8,10H2,1H3. The van der Waals surface area contributed by atoms with E-state index < -0.39 is 5.82 Å². The molecule has 5 heteroatoms. The molecule has 1 aliphatic rings. The van der Waals surface area contributed by atoms with E-state index in [0.717, 1.165) is 28.6 Å². The van der Waals surface area contributed by atoms with Gasteiger partial charge in [-0.25, -0.2) is 4.39 Å². The molecule has 0 bridgehead atoms. The topological polar surface area (TPSA) is 36.1 Å². The number of nitrogens with one attached hydrogen (secondary N) is 1. The van der Waals surface area contributed by atoms with E-state index in [1.165, 1.54) is 17.7 Å². The van der Waals surface area contributed by atoms with Crippen molar-refractivity contribution >= 4 is 28.4 Å². The second-order valence-electron chi connectivity index (χ2n) is 6.20. The van der Waals surface area contributed by atoms with Gasteiger partial charge in [-0.1, -0.05) is 29.3 Å². The van der Waals surface area contributed by atoms with Crippen LogP contribution in [0.5, 0.6) is 0 Å². The van der Waals surface area contributed by atoms with Crippen LogP contribution in [0.1, 0.15) is 27.2 Å². The van der Waals surface area contributed by atoms with Gasteiger partial charge in [0, 0.05) is 41.7 Å². The normalized spacial score (nSPS) is 14.0. The van der Waals surface area contributed by atoms with Gasteiger partial charge in [0.2, 0.25) is 0 Å². The van der Waals surface area contributed by atoms with E-state index >= 15 is 0 Å². The molecule has 2 aromatic carbocycles. The van der Waals surface area contributed by atoms with Crippen molar-refractivity contribution in [1.29, 1.82) is 0 Å². The van der Waals surface area contributed by atoms with Gasteiger partial charge in [0.15, 0.2) is 0 Å². The molecule has 1 amide bonds. The summed E-state index contributed by atoms with van der Waals surface area (Å²) in [5.41, 5.74) is 4.47. The van der Waals surface area contributed by atoms with Crippen LogP contribution in [0.25, 0.3) is 10.9 Å². The number of hydrogen-bond donors (Lipinski definition) is 1. The van der Waals surface area contributed by atoms with E-state index in [0.29, 0.717) is 13.1 Å². The molecule has 0 spiro atoms. The molecule has 3 nitrogen and oxygen atoms in total. The number of aromatic amines is 1. The van der Waals surface area contributed by atoms with E-state index in [2.05, 4.69) is 23.2 Å². The molecule has 0 radical (unpaired) electrons. The summed E-state index contributed by atoms with van der Waals surface area (Å²) in [5.74, 6) is -0.932.